The number of carbonyl (C=O) groups excluding carboxylic acids is 2. The van der Waals surface area contributed by atoms with Crippen molar-refractivity contribution in [3.8, 4) is 11.3 Å². The molecule has 0 spiro atoms. The molecule has 1 saturated heterocycles. The molecular weight excluding hydrogens is 508 g/mol. The molecule has 202 valence electrons. The Morgan fingerprint density at radius 2 is 1.90 bits per heavy atom. The van der Waals surface area contributed by atoms with Gasteiger partial charge in [-0.15, -0.1) is 0 Å². The maximum Gasteiger partial charge on any atom is 0.310 e. The number of hydrogen-bond acceptors (Lipinski definition) is 8. The van der Waals surface area contributed by atoms with E-state index in [-0.39, 0.29) is 46.6 Å². The number of pyridine rings is 1. The van der Waals surface area contributed by atoms with Gasteiger partial charge in [0, 0.05) is 30.9 Å². The number of amides is 1. The van der Waals surface area contributed by atoms with Crippen LogP contribution in [0.3, 0.4) is 0 Å². The summed E-state index contributed by atoms with van der Waals surface area (Å²) in [6.45, 7) is 6.46. The van der Waals surface area contributed by atoms with Crippen molar-refractivity contribution in [2.45, 2.75) is 33.2 Å². The lowest BCUT2D eigenvalue weighted by molar-refractivity contribution is -0.144. The first-order chi connectivity index (χ1) is 18.7. The lowest BCUT2D eigenvalue weighted by Gasteiger charge is -2.16. The zero-order valence-electron chi connectivity index (χ0n) is 21.9. The fourth-order valence-electron chi connectivity index (χ4n) is 4.88. The number of anilines is 2. The topological polar surface area (TPSA) is 115 Å². The van der Waals surface area contributed by atoms with Crippen molar-refractivity contribution in [2.75, 3.05) is 25.5 Å². The number of halogens is 2. The highest BCUT2D eigenvalue weighted by Crippen LogP contribution is 2.30. The molecule has 4 aromatic rings. The van der Waals surface area contributed by atoms with Gasteiger partial charge in [-0.3, -0.25) is 9.59 Å². The molecule has 0 aliphatic carbocycles. The van der Waals surface area contributed by atoms with E-state index in [0.29, 0.717) is 42.2 Å². The molecule has 1 aliphatic heterocycles. The smallest absolute Gasteiger partial charge is 0.310 e. The van der Waals surface area contributed by atoms with E-state index >= 15 is 0 Å². The van der Waals surface area contributed by atoms with Gasteiger partial charge in [0.15, 0.2) is 11.6 Å². The Hall–Kier alpha value is -4.48. The molecular formula is C27H27F2N7O3. The Labute approximate surface area is 223 Å². The van der Waals surface area contributed by atoms with E-state index in [1.165, 1.54) is 19.4 Å². The molecule has 10 nitrogen and oxygen atoms in total. The molecule has 1 aliphatic rings. The molecule has 0 unspecified atom stereocenters. The first-order valence-electron chi connectivity index (χ1n) is 12.5. The fourth-order valence-corrected chi connectivity index (χ4v) is 4.88. The van der Waals surface area contributed by atoms with Crippen LogP contribution in [0.5, 0.6) is 0 Å². The number of esters is 1. The fraction of sp³-hybridized carbons (Fsp3) is 0.333. The summed E-state index contributed by atoms with van der Waals surface area (Å²) in [5, 5.41) is 2.89. The number of likely N-dealkylation sites (tertiary alicyclic amines) is 1. The molecule has 0 saturated carbocycles. The van der Waals surface area contributed by atoms with Crippen molar-refractivity contribution in [1.82, 2.24) is 29.4 Å². The van der Waals surface area contributed by atoms with E-state index in [2.05, 4.69) is 25.3 Å². The van der Waals surface area contributed by atoms with Crippen LogP contribution in [0.15, 0.2) is 36.7 Å². The van der Waals surface area contributed by atoms with E-state index < -0.39 is 11.6 Å². The SMILES string of the molecule is COC(=O)[C@H]1CCN(C(=O)c2ccc(Nc3ncc(F)c(-c4cc(F)c5nc(C)n(C(C)C)c5c4)n3)nc2)C1. The van der Waals surface area contributed by atoms with Crippen LogP contribution in [0.4, 0.5) is 20.5 Å². The third-order valence-corrected chi connectivity index (χ3v) is 6.72. The summed E-state index contributed by atoms with van der Waals surface area (Å²) < 4.78 is 36.4. The highest BCUT2D eigenvalue weighted by molar-refractivity contribution is 5.94. The molecule has 1 atom stereocenters. The molecule has 3 aromatic heterocycles. The Morgan fingerprint density at radius 1 is 1.10 bits per heavy atom. The minimum Gasteiger partial charge on any atom is -0.469 e. The van der Waals surface area contributed by atoms with Gasteiger partial charge < -0.3 is 19.5 Å². The standard InChI is InChI=1S/C27H27F2N7O3/c1-14(2)36-15(3)32-24-19(28)9-18(10-21(24)36)23-20(29)12-31-27(34-23)33-22-6-5-16(11-30-22)25(37)35-8-7-17(13-35)26(38)39-4/h5-6,9-12,14,17H,7-8,13H2,1-4H3,(H,30,31,33,34)/t17-/m0/s1. The third-order valence-electron chi connectivity index (χ3n) is 6.72. The number of nitrogens with zero attached hydrogens (tertiary/aromatic N) is 6. The number of fused-ring (bicyclic) bond motifs is 1. The zero-order chi connectivity index (χ0) is 27.8. The van der Waals surface area contributed by atoms with Gasteiger partial charge in [-0.2, -0.15) is 0 Å². The number of nitrogens with one attached hydrogen (secondary N) is 1. The van der Waals surface area contributed by atoms with Crippen molar-refractivity contribution in [1.29, 1.82) is 0 Å². The molecule has 1 N–H and O–H groups in total. The van der Waals surface area contributed by atoms with E-state index in [0.717, 1.165) is 6.20 Å². The van der Waals surface area contributed by atoms with Crippen molar-refractivity contribution < 1.29 is 23.1 Å². The second-order valence-corrected chi connectivity index (χ2v) is 9.66. The highest BCUT2D eigenvalue weighted by atomic mass is 19.1. The largest absolute Gasteiger partial charge is 0.469 e. The summed E-state index contributed by atoms with van der Waals surface area (Å²) in [4.78, 5) is 43.0. The first kappa shape index (κ1) is 26.1. The van der Waals surface area contributed by atoms with E-state index in [9.17, 15) is 18.4 Å². The summed E-state index contributed by atoms with van der Waals surface area (Å²) in [6, 6.07) is 6.05. The number of carbonyl (C=O) groups is 2. The minimum atomic E-state index is -0.712. The lowest BCUT2D eigenvalue weighted by atomic mass is 10.1. The summed E-state index contributed by atoms with van der Waals surface area (Å²) in [6.07, 6.45) is 2.95. The molecule has 39 heavy (non-hydrogen) atoms. The van der Waals surface area contributed by atoms with Crippen LogP contribution in [-0.2, 0) is 9.53 Å². The van der Waals surface area contributed by atoms with Gasteiger partial charge >= 0.3 is 5.97 Å². The monoisotopic (exact) mass is 535 g/mol. The predicted octanol–water partition coefficient (Wildman–Crippen LogP) is 4.43. The van der Waals surface area contributed by atoms with Gasteiger partial charge in [-0.1, -0.05) is 0 Å². The normalized spacial score (nSPS) is 15.3. The predicted molar refractivity (Wildman–Crippen MR) is 139 cm³/mol. The molecule has 1 amide bonds. The van der Waals surface area contributed by atoms with Crippen molar-refractivity contribution in [3.05, 3.63) is 59.7 Å². The van der Waals surface area contributed by atoms with Crippen LogP contribution in [0, 0.1) is 24.5 Å². The Kier molecular flexibility index (Phi) is 6.94. The van der Waals surface area contributed by atoms with E-state index in [1.807, 2.05) is 18.4 Å². The zero-order valence-corrected chi connectivity index (χ0v) is 21.9. The van der Waals surface area contributed by atoms with Crippen LogP contribution in [0.1, 0.15) is 42.5 Å². The van der Waals surface area contributed by atoms with Crippen LogP contribution in [-0.4, -0.2) is 61.5 Å². The van der Waals surface area contributed by atoms with Crippen LogP contribution >= 0.6 is 0 Å². The second-order valence-electron chi connectivity index (χ2n) is 9.66. The number of aromatic nitrogens is 5. The summed E-state index contributed by atoms with van der Waals surface area (Å²) in [7, 11) is 1.33. The van der Waals surface area contributed by atoms with E-state index in [1.54, 1.807) is 30.0 Å². The van der Waals surface area contributed by atoms with Gasteiger partial charge in [0.1, 0.15) is 22.9 Å². The average Bonchev–Trinajstić information content (AvgIpc) is 3.54. The number of ether oxygens (including phenoxy) is 1. The minimum absolute atomic E-state index is 0.0257. The molecule has 0 bridgehead atoms. The van der Waals surface area contributed by atoms with Gasteiger partial charge in [-0.05, 0) is 51.5 Å². The maximum absolute atomic E-state index is 14.9. The van der Waals surface area contributed by atoms with Crippen molar-refractivity contribution in [3.63, 3.8) is 0 Å². The quantitative estimate of drug-likeness (QED) is 0.361. The summed E-state index contributed by atoms with van der Waals surface area (Å²) >= 11 is 0. The number of rotatable bonds is 6. The molecule has 4 heterocycles. The van der Waals surface area contributed by atoms with Gasteiger partial charge in [-0.25, -0.2) is 28.7 Å². The number of benzene rings is 1. The van der Waals surface area contributed by atoms with Gasteiger partial charge in [0.05, 0.1) is 30.3 Å². The van der Waals surface area contributed by atoms with Gasteiger partial charge in [0.2, 0.25) is 5.95 Å². The summed E-state index contributed by atoms with van der Waals surface area (Å²) in [5.41, 5.74) is 1.28. The number of aryl methyl sites for hydroxylation is 1. The average molecular weight is 536 g/mol. The number of methoxy groups -OCH3 is 1. The lowest BCUT2D eigenvalue weighted by Crippen LogP contribution is -2.30. The second kappa shape index (κ2) is 10.4. The van der Waals surface area contributed by atoms with Crippen molar-refractivity contribution >= 4 is 34.7 Å². The number of hydrogen-bond donors (Lipinski definition) is 1. The first-order valence-corrected chi connectivity index (χ1v) is 12.5. The maximum atomic E-state index is 14.9. The molecule has 12 heteroatoms. The van der Waals surface area contributed by atoms with Crippen LogP contribution in [0.2, 0.25) is 0 Å². The Bertz CT molecular complexity index is 1570. The Morgan fingerprint density at radius 3 is 2.59 bits per heavy atom. The van der Waals surface area contributed by atoms with Crippen molar-refractivity contribution in [2.24, 2.45) is 5.92 Å². The number of imidazole rings is 1. The summed E-state index contributed by atoms with van der Waals surface area (Å²) in [5.74, 6) is -1.16. The molecule has 5 rings (SSSR count). The molecule has 1 fully saturated rings. The molecule has 1 aromatic carbocycles. The van der Waals surface area contributed by atoms with E-state index in [4.69, 9.17) is 4.74 Å². The van der Waals surface area contributed by atoms with Crippen LogP contribution in [0.25, 0.3) is 22.3 Å². The third kappa shape index (κ3) is 5.01. The van der Waals surface area contributed by atoms with Crippen LogP contribution < -0.4 is 5.32 Å². The van der Waals surface area contributed by atoms with Gasteiger partial charge in [0.25, 0.3) is 5.91 Å². The Balaban J connectivity index is 1.36. The highest BCUT2D eigenvalue weighted by Gasteiger charge is 2.32. The molecule has 0 radical (unpaired) electrons.